The van der Waals surface area contributed by atoms with Crippen molar-refractivity contribution in [2.75, 3.05) is 0 Å². The molecule has 0 aliphatic heterocycles. The van der Waals surface area contributed by atoms with E-state index in [4.69, 9.17) is 0 Å². The molecule has 4 rings (SSSR count). The third-order valence-electron chi connectivity index (χ3n) is 4.96. The minimum Gasteiger partial charge on any atom is -0.347 e. The molecule has 0 amide bonds. The molecule has 0 atom stereocenters. The van der Waals surface area contributed by atoms with Crippen molar-refractivity contribution >= 4 is 22.9 Å². The fraction of sp³-hybridized carbons (Fsp3) is 0.391. The molecule has 7 heteroatoms. The van der Waals surface area contributed by atoms with Crippen molar-refractivity contribution in [3.63, 3.8) is 0 Å². The summed E-state index contributed by atoms with van der Waals surface area (Å²) in [4.78, 5) is 4.01. The van der Waals surface area contributed by atoms with E-state index in [1.54, 1.807) is 18.0 Å². The van der Waals surface area contributed by atoms with E-state index < -0.39 is 11.6 Å². The Bertz CT molecular complexity index is 1140. The van der Waals surface area contributed by atoms with E-state index in [0.29, 0.717) is 11.8 Å². The van der Waals surface area contributed by atoms with Gasteiger partial charge in [-0.1, -0.05) is 32.7 Å². The van der Waals surface area contributed by atoms with E-state index in [2.05, 4.69) is 41.2 Å². The van der Waals surface area contributed by atoms with Crippen molar-refractivity contribution < 1.29 is 8.78 Å². The normalized spacial score (nSPS) is 14.3. The summed E-state index contributed by atoms with van der Waals surface area (Å²) in [6.07, 6.45) is 5.57. The Balaban J connectivity index is 1.81. The first-order valence-electron chi connectivity index (χ1n) is 10.0. The zero-order chi connectivity index (χ0) is 21.5. The van der Waals surface area contributed by atoms with Crippen LogP contribution >= 0.6 is 11.9 Å². The van der Waals surface area contributed by atoms with Crippen LogP contribution in [0.2, 0.25) is 0 Å². The zero-order valence-corrected chi connectivity index (χ0v) is 18.1. The molecule has 1 aliphatic carbocycles. The van der Waals surface area contributed by atoms with Crippen LogP contribution in [-0.4, -0.2) is 14.8 Å². The molecule has 0 unspecified atom stereocenters. The number of benzene rings is 1. The lowest BCUT2D eigenvalue weighted by molar-refractivity contribution is 0.349. The summed E-state index contributed by atoms with van der Waals surface area (Å²) < 4.78 is 34.2. The number of fused-ring (bicyclic) bond motifs is 1. The molecule has 3 aromatic rings. The first kappa shape index (κ1) is 20.8. The molecular weight excluding hydrogens is 402 g/mol. The minimum atomic E-state index is -0.616. The molecule has 1 fully saturated rings. The highest BCUT2D eigenvalue weighted by atomic mass is 32.2. The lowest BCUT2D eigenvalue weighted by atomic mass is 9.97. The molecule has 0 spiro atoms. The molecule has 0 saturated heterocycles. The molecule has 1 saturated carbocycles. The lowest BCUT2D eigenvalue weighted by Crippen LogP contribution is -2.14. The predicted molar refractivity (Wildman–Crippen MR) is 117 cm³/mol. The SMILES string of the molecule is CC(C)(C)Cn1cc(CNSC2CC2)c2cc(F)c(-c3ncc(F)cc3C#N)cc21. The summed E-state index contributed by atoms with van der Waals surface area (Å²) in [5, 5.41) is 10.9. The van der Waals surface area contributed by atoms with Gasteiger partial charge in [-0.15, -0.1) is 0 Å². The van der Waals surface area contributed by atoms with Gasteiger partial charge in [0.1, 0.15) is 17.7 Å². The van der Waals surface area contributed by atoms with E-state index in [9.17, 15) is 9.65 Å². The summed E-state index contributed by atoms with van der Waals surface area (Å²) in [6, 6.07) is 6.25. The Morgan fingerprint density at radius 3 is 2.70 bits per heavy atom. The van der Waals surface area contributed by atoms with Crippen LogP contribution in [-0.2, 0) is 13.1 Å². The number of aromatic nitrogens is 2. The molecule has 0 radical (unpaired) electrons. The molecule has 4 nitrogen and oxygen atoms in total. The Hall–Kier alpha value is -2.43. The van der Waals surface area contributed by atoms with Crippen LogP contribution in [0.15, 0.2) is 30.6 Å². The smallest absolute Gasteiger partial charge is 0.142 e. The Kier molecular flexibility index (Phi) is 5.56. The van der Waals surface area contributed by atoms with Gasteiger partial charge in [-0.05, 0) is 42.0 Å². The summed E-state index contributed by atoms with van der Waals surface area (Å²) >= 11 is 1.74. The molecule has 2 aromatic heterocycles. The highest BCUT2D eigenvalue weighted by Gasteiger charge is 2.23. The average Bonchev–Trinajstić information content (AvgIpc) is 3.44. The molecule has 1 aromatic carbocycles. The van der Waals surface area contributed by atoms with E-state index in [0.717, 1.165) is 35.3 Å². The second-order valence-electron chi connectivity index (χ2n) is 8.99. The largest absolute Gasteiger partial charge is 0.347 e. The highest BCUT2D eigenvalue weighted by molar-refractivity contribution is 7.98. The fourth-order valence-corrected chi connectivity index (χ4v) is 4.36. The quantitative estimate of drug-likeness (QED) is 0.506. The van der Waals surface area contributed by atoms with Gasteiger partial charge >= 0.3 is 0 Å². The number of hydrogen-bond donors (Lipinski definition) is 1. The fourth-order valence-electron chi connectivity index (χ4n) is 3.51. The first-order valence-corrected chi connectivity index (χ1v) is 10.9. The number of nitriles is 1. The van der Waals surface area contributed by atoms with Gasteiger partial charge in [0, 0.05) is 41.0 Å². The van der Waals surface area contributed by atoms with Crippen molar-refractivity contribution in [2.45, 2.75) is 52.0 Å². The predicted octanol–water partition coefficient (Wildman–Crippen LogP) is 5.80. The van der Waals surface area contributed by atoms with Crippen molar-refractivity contribution in [3.8, 4) is 17.3 Å². The molecule has 1 N–H and O–H groups in total. The van der Waals surface area contributed by atoms with Gasteiger partial charge in [-0.25, -0.2) is 8.78 Å². The van der Waals surface area contributed by atoms with E-state index in [-0.39, 0.29) is 22.2 Å². The van der Waals surface area contributed by atoms with Gasteiger partial charge in [0.15, 0.2) is 0 Å². The van der Waals surface area contributed by atoms with Crippen LogP contribution in [0.3, 0.4) is 0 Å². The number of nitrogens with one attached hydrogen (secondary N) is 1. The minimum absolute atomic E-state index is 0.0184. The summed E-state index contributed by atoms with van der Waals surface area (Å²) in [7, 11) is 0. The van der Waals surface area contributed by atoms with Crippen molar-refractivity contribution in [3.05, 3.63) is 53.4 Å². The monoisotopic (exact) mass is 426 g/mol. The van der Waals surface area contributed by atoms with Crippen molar-refractivity contribution in [1.82, 2.24) is 14.3 Å². The van der Waals surface area contributed by atoms with E-state index >= 15 is 4.39 Å². The molecule has 2 heterocycles. The maximum absolute atomic E-state index is 15.1. The van der Waals surface area contributed by atoms with Crippen LogP contribution < -0.4 is 4.72 Å². The van der Waals surface area contributed by atoms with Gasteiger partial charge in [0.25, 0.3) is 0 Å². The van der Waals surface area contributed by atoms with E-state index in [1.165, 1.54) is 18.9 Å². The average molecular weight is 427 g/mol. The maximum atomic E-state index is 15.1. The summed E-state index contributed by atoms with van der Waals surface area (Å²) in [6.45, 7) is 7.86. The van der Waals surface area contributed by atoms with Gasteiger partial charge < -0.3 is 4.57 Å². The second-order valence-corrected chi connectivity index (χ2v) is 10.2. The van der Waals surface area contributed by atoms with Gasteiger partial charge in [-0.2, -0.15) is 5.26 Å². The zero-order valence-electron chi connectivity index (χ0n) is 17.3. The topological polar surface area (TPSA) is 53.6 Å². The second kappa shape index (κ2) is 8.01. The molecule has 156 valence electrons. The standard InChI is InChI=1S/C23H24F2N4S/c1-23(2,3)13-29-12-15(10-28-30-17-4-5-17)18-7-20(25)19(8-21(18)29)22-14(9-26)6-16(24)11-27-22/h6-8,11-12,17,28H,4-5,10,13H2,1-3H3. The van der Waals surface area contributed by atoms with Crippen LogP contribution in [0.25, 0.3) is 22.2 Å². The van der Waals surface area contributed by atoms with E-state index in [1.807, 2.05) is 6.07 Å². The molecular formula is C23H24F2N4S. The van der Waals surface area contributed by atoms with Gasteiger partial charge in [-0.3, -0.25) is 9.71 Å². The number of pyridine rings is 1. The van der Waals surface area contributed by atoms with Crippen molar-refractivity contribution in [2.24, 2.45) is 5.41 Å². The summed E-state index contributed by atoms with van der Waals surface area (Å²) in [5.41, 5.74) is 2.32. The van der Waals surface area contributed by atoms with Crippen molar-refractivity contribution in [1.29, 1.82) is 5.26 Å². The van der Waals surface area contributed by atoms with Crippen LogP contribution in [0.4, 0.5) is 8.78 Å². The Labute approximate surface area is 179 Å². The lowest BCUT2D eigenvalue weighted by Gasteiger charge is -2.20. The van der Waals surface area contributed by atoms with Gasteiger partial charge in [0.05, 0.1) is 17.5 Å². The molecule has 0 bridgehead atoms. The highest BCUT2D eigenvalue weighted by Crippen LogP contribution is 2.35. The summed E-state index contributed by atoms with van der Waals surface area (Å²) in [5.74, 6) is -1.09. The number of halogens is 2. The first-order chi connectivity index (χ1) is 14.2. The van der Waals surface area contributed by atoms with Crippen LogP contribution in [0, 0.1) is 28.4 Å². The van der Waals surface area contributed by atoms with Crippen LogP contribution in [0.5, 0.6) is 0 Å². The number of rotatable bonds is 6. The number of nitrogens with zero attached hydrogens (tertiary/aromatic N) is 3. The number of hydrogen-bond acceptors (Lipinski definition) is 4. The van der Waals surface area contributed by atoms with Gasteiger partial charge in [0.2, 0.25) is 0 Å². The molecule has 30 heavy (non-hydrogen) atoms. The molecule has 1 aliphatic rings. The Morgan fingerprint density at radius 1 is 1.27 bits per heavy atom. The van der Waals surface area contributed by atoms with Crippen LogP contribution in [0.1, 0.15) is 44.7 Å². The maximum Gasteiger partial charge on any atom is 0.142 e. The Morgan fingerprint density at radius 2 is 2.03 bits per heavy atom. The third-order valence-corrected chi connectivity index (χ3v) is 6.08. The third kappa shape index (κ3) is 4.50.